The van der Waals surface area contributed by atoms with E-state index in [0.29, 0.717) is 5.56 Å². The van der Waals surface area contributed by atoms with Crippen LogP contribution in [0.2, 0.25) is 0 Å². The van der Waals surface area contributed by atoms with Crippen LogP contribution in [-0.2, 0) is 0 Å². The molecule has 1 unspecified atom stereocenters. The minimum atomic E-state index is -0.175. The van der Waals surface area contributed by atoms with Crippen molar-refractivity contribution in [2.75, 3.05) is 5.32 Å². The molecule has 1 heterocycles. The topological polar surface area (TPSA) is 12.0 Å². The molecule has 1 atom stereocenters. The van der Waals surface area contributed by atoms with E-state index >= 15 is 0 Å². The third-order valence-corrected chi connectivity index (χ3v) is 4.36. The number of anilines is 1. The fourth-order valence-electron chi connectivity index (χ4n) is 2.39. The van der Waals surface area contributed by atoms with Crippen molar-refractivity contribution < 1.29 is 4.39 Å². The Morgan fingerprint density at radius 3 is 2.48 bits per heavy atom. The van der Waals surface area contributed by atoms with Gasteiger partial charge in [0.1, 0.15) is 5.82 Å². The highest BCUT2D eigenvalue weighted by Gasteiger charge is 2.12. The van der Waals surface area contributed by atoms with Crippen LogP contribution in [0.25, 0.3) is 10.4 Å². The predicted molar refractivity (Wildman–Crippen MR) is 88.2 cm³/mol. The van der Waals surface area contributed by atoms with Crippen LogP contribution in [0.15, 0.2) is 66.0 Å². The molecule has 0 saturated heterocycles. The molecule has 3 heteroatoms. The van der Waals surface area contributed by atoms with E-state index in [1.165, 1.54) is 10.9 Å². The summed E-state index contributed by atoms with van der Waals surface area (Å²) < 4.78 is 13.9. The first-order valence-electron chi connectivity index (χ1n) is 6.89. The maximum absolute atomic E-state index is 13.9. The third-order valence-electron chi connectivity index (χ3n) is 3.46. The van der Waals surface area contributed by atoms with Crippen molar-refractivity contribution in [1.29, 1.82) is 0 Å². The van der Waals surface area contributed by atoms with Gasteiger partial charge in [-0.3, -0.25) is 0 Å². The van der Waals surface area contributed by atoms with Gasteiger partial charge in [-0.15, -0.1) is 11.3 Å². The molecule has 1 N–H and O–H groups in total. The molecule has 3 rings (SSSR count). The van der Waals surface area contributed by atoms with Crippen LogP contribution in [0.5, 0.6) is 0 Å². The number of para-hydroxylation sites is 1. The number of thiophene rings is 1. The molecule has 3 aromatic rings. The molecular weight excluding hydrogens is 281 g/mol. The zero-order valence-corrected chi connectivity index (χ0v) is 12.5. The Morgan fingerprint density at radius 2 is 1.71 bits per heavy atom. The van der Waals surface area contributed by atoms with E-state index < -0.39 is 0 Å². The van der Waals surface area contributed by atoms with E-state index in [9.17, 15) is 4.39 Å². The Kier molecular flexibility index (Phi) is 4.02. The molecule has 21 heavy (non-hydrogen) atoms. The molecule has 0 aliphatic heterocycles. The highest BCUT2D eigenvalue weighted by molar-refractivity contribution is 7.13. The SMILES string of the molecule is CC(Nc1ccccc1-c1cccs1)c1ccccc1F. The maximum Gasteiger partial charge on any atom is 0.128 e. The lowest BCUT2D eigenvalue weighted by Gasteiger charge is -2.18. The zero-order valence-electron chi connectivity index (χ0n) is 11.7. The van der Waals surface area contributed by atoms with Crippen LogP contribution in [0.4, 0.5) is 10.1 Å². The Hall–Kier alpha value is -2.13. The lowest BCUT2D eigenvalue weighted by Crippen LogP contribution is -2.09. The monoisotopic (exact) mass is 297 g/mol. The summed E-state index contributed by atoms with van der Waals surface area (Å²) in [7, 11) is 0. The largest absolute Gasteiger partial charge is 0.378 e. The van der Waals surface area contributed by atoms with Crippen molar-refractivity contribution in [3.8, 4) is 10.4 Å². The van der Waals surface area contributed by atoms with Gasteiger partial charge >= 0.3 is 0 Å². The second-order valence-corrected chi connectivity index (χ2v) is 5.86. The van der Waals surface area contributed by atoms with E-state index in [1.54, 1.807) is 17.4 Å². The average Bonchev–Trinajstić information content (AvgIpc) is 3.02. The molecule has 0 aliphatic rings. The van der Waals surface area contributed by atoms with Crippen LogP contribution in [0, 0.1) is 5.82 Å². The first kappa shape index (κ1) is 13.8. The van der Waals surface area contributed by atoms with E-state index in [0.717, 1.165) is 11.3 Å². The van der Waals surface area contributed by atoms with Crippen molar-refractivity contribution in [2.24, 2.45) is 0 Å². The number of rotatable bonds is 4. The smallest absolute Gasteiger partial charge is 0.128 e. The molecule has 0 spiro atoms. The number of hydrogen-bond acceptors (Lipinski definition) is 2. The second kappa shape index (κ2) is 6.10. The van der Waals surface area contributed by atoms with Crippen molar-refractivity contribution in [2.45, 2.75) is 13.0 Å². The van der Waals surface area contributed by atoms with Gasteiger partial charge in [0.2, 0.25) is 0 Å². The highest BCUT2D eigenvalue weighted by Crippen LogP contribution is 2.33. The van der Waals surface area contributed by atoms with Crippen LogP contribution < -0.4 is 5.32 Å². The number of halogens is 1. The van der Waals surface area contributed by atoms with Crippen molar-refractivity contribution in [3.05, 3.63) is 77.4 Å². The summed E-state index contributed by atoms with van der Waals surface area (Å²) in [5.41, 5.74) is 2.85. The minimum Gasteiger partial charge on any atom is -0.378 e. The Balaban J connectivity index is 1.91. The molecule has 106 valence electrons. The second-order valence-electron chi connectivity index (χ2n) is 4.91. The molecule has 0 amide bonds. The molecular formula is C18H16FNS. The average molecular weight is 297 g/mol. The quantitative estimate of drug-likeness (QED) is 0.648. The molecule has 1 aromatic heterocycles. The van der Waals surface area contributed by atoms with Gasteiger partial charge in [0.15, 0.2) is 0 Å². The minimum absolute atomic E-state index is 0.0905. The molecule has 0 bridgehead atoms. The van der Waals surface area contributed by atoms with Gasteiger partial charge < -0.3 is 5.32 Å². The van der Waals surface area contributed by atoms with Crippen LogP contribution in [0.3, 0.4) is 0 Å². The van der Waals surface area contributed by atoms with Gasteiger partial charge in [0.25, 0.3) is 0 Å². The normalized spacial score (nSPS) is 12.1. The van der Waals surface area contributed by atoms with Gasteiger partial charge in [-0.05, 0) is 30.5 Å². The summed E-state index contributed by atoms with van der Waals surface area (Å²) in [5.74, 6) is -0.175. The summed E-state index contributed by atoms with van der Waals surface area (Å²) >= 11 is 1.70. The van der Waals surface area contributed by atoms with Crippen molar-refractivity contribution in [1.82, 2.24) is 0 Å². The summed E-state index contributed by atoms with van der Waals surface area (Å²) in [4.78, 5) is 1.21. The number of benzene rings is 2. The van der Waals surface area contributed by atoms with E-state index in [-0.39, 0.29) is 11.9 Å². The predicted octanol–water partition coefficient (Wildman–Crippen LogP) is 5.73. The first-order chi connectivity index (χ1) is 10.3. The van der Waals surface area contributed by atoms with E-state index in [1.807, 2.05) is 43.3 Å². The zero-order chi connectivity index (χ0) is 14.7. The van der Waals surface area contributed by atoms with Crippen molar-refractivity contribution in [3.63, 3.8) is 0 Å². The lowest BCUT2D eigenvalue weighted by molar-refractivity contribution is 0.600. The Morgan fingerprint density at radius 1 is 0.952 bits per heavy atom. The number of nitrogens with one attached hydrogen (secondary N) is 1. The number of hydrogen-bond donors (Lipinski definition) is 1. The van der Waals surface area contributed by atoms with Gasteiger partial charge in [-0.1, -0.05) is 42.5 Å². The molecule has 2 aromatic carbocycles. The van der Waals surface area contributed by atoms with Crippen LogP contribution in [-0.4, -0.2) is 0 Å². The maximum atomic E-state index is 13.9. The fraction of sp³-hybridized carbons (Fsp3) is 0.111. The van der Waals surface area contributed by atoms with Gasteiger partial charge in [-0.2, -0.15) is 0 Å². The highest BCUT2D eigenvalue weighted by atomic mass is 32.1. The third kappa shape index (κ3) is 2.98. The molecule has 0 aliphatic carbocycles. The van der Waals surface area contributed by atoms with E-state index in [4.69, 9.17) is 0 Å². The Labute approximate surface area is 128 Å². The molecule has 1 nitrogen and oxygen atoms in total. The fourth-order valence-corrected chi connectivity index (χ4v) is 3.16. The van der Waals surface area contributed by atoms with Crippen molar-refractivity contribution >= 4 is 17.0 Å². The molecule has 0 saturated carbocycles. The van der Waals surface area contributed by atoms with E-state index in [2.05, 4.69) is 22.8 Å². The summed E-state index contributed by atoms with van der Waals surface area (Å²) in [6, 6.07) is 19.1. The Bertz CT molecular complexity index is 722. The summed E-state index contributed by atoms with van der Waals surface area (Å²) in [6.07, 6.45) is 0. The van der Waals surface area contributed by atoms with Gasteiger partial charge in [0, 0.05) is 21.7 Å². The molecule has 0 fully saturated rings. The van der Waals surface area contributed by atoms with Crippen LogP contribution >= 0.6 is 11.3 Å². The standard InChI is InChI=1S/C18H16FNS/c1-13(14-7-2-4-9-16(14)19)20-17-10-5-3-8-15(17)18-11-6-12-21-18/h2-13,20H,1H3. The summed E-state index contributed by atoms with van der Waals surface area (Å²) in [6.45, 7) is 1.98. The van der Waals surface area contributed by atoms with Gasteiger partial charge in [0.05, 0.1) is 6.04 Å². The van der Waals surface area contributed by atoms with Crippen LogP contribution in [0.1, 0.15) is 18.5 Å². The molecule has 0 radical (unpaired) electrons. The van der Waals surface area contributed by atoms with Gasteiger partial charge in [-0.25, -0.2) is 4.39 Å². The lowest BCUT2D eigenvalue weighted by atomic mass is 10.1. The summed E-state index contributed by atoms with van der Waals surface area (Å²) in [5, 5.41) is 5.48. The first-order valence-corrected chi connectivity index (χ1v) is 7.77.